The molecular weight excluding hydrogens is 228 g/mol. The predicted octanol–water partition coefficient (Wildman–Crippen LogP) is 3.10. The Hall–Kier alpha value is -1.84. The summed E-state index contributed by atoms with van der Waals surface area (Å²) in [5, 5.41) is 9.95. The van der Waals surface area contributed by atoms with Crippen molar-refractivity contribution >= 4 is 0 Å². The first-order chi connectivity index (χ1) is 8.86. The maximum atomic E-state index is 9.95. The minimum absolute atomic E-state index is 0.267. The molecule has 0 aromatic heterocycles. The summed E-state index contributed by atoms with van der Waals surface area (Å²) in [5.74, 6) is 0.267. The van der Waals surface area contributed by atoms with Crippen molar-refractivity contribution in [3.63, 3.8) is 0 Å². The summed E-state index contributed by atoms with van der Waals surface area (Å²) in [5.41, 5.74) is 2.70. The van der Waals surface area contributed by atoms with Crippen LogP contribution in [0.1, 0.15) is 11.9 Å². The monoisotopic (exact) mass is 242 g/mol. The van der Waals surface area contributed by atoms with Gasteiger partial charge in [-0.3, -0.25) is 0 Å². The summed E-state index contributed by atoms with van der Waals surface area (Å²) in [4.78, 5) is 0. The molecule has 0 unspecified atom stereocenters. The van der Waals surface area contributed by atoms with E-state index in [-0.39, 0.29) is 12.0 Å². The van der Waals surface area contributed by atoms with Gasteiger partial charge in [0.2, 0.25) is 0 Å². The number of phenols is 1. The Morgan fingerprint density at radius 2 is 1.44 bits per heavy atom. The molecule has 2 aromatic rings. The van der Waals surface area contributed by atoms with Crippen LogP contribution in [0.2, 0.25) is 0 Å². The molecule has 1 aliphatic rings. The van der Waals surface area contributed by atoms with Gasteiger partial charge in [-0.25, -0.2) is 0 Å². The van der Waals surface area contributed by atoms with E-state index in [2.05, 4.69) is 0 Å². The van der Waals surface area contributed by atoms with E-state index >= 15 is 0 Å². The van der Waals surface area contributed by atoms with Crippen LogP contribution in [0, 0.1) is 0 Å². The predicted molar refractivity (Wildman–Crippen MR) is 68.2 cm³/mol. The van der Waals surface area contributed by atoms with Crippen LogP contribution in [0.4, 0.5) is 0 Å². The SMILES string of the molecule is Oc1ccccc1-c1ccccc1C1OCCO1. The third-order valence-electron chi connectivity index (χ3n) is 3.03. The number of hydrogen-bond acceptors (Lipinski definition) is 3. The zero-order chi connectivity index (χ0) is 12.4. The van der Waals surface area contributed by atoms with Gasteiger partial charge in [-0.15, -0.1) is 0 Å². The third kappa shape index (κ3) is 1.98. The highest BCUT2D eigenvalue weighted by atomic mass is 16.7. The largest absolute Gasteiger partial charge is 0.507 e. The molecule has 0 atom stereocenters. The molecule has 1 heterocycles. The van der Waals surface area contributed by atoms with Gasteiger partial charge < -0.3 is 14.6 Å². The highest BCUT2D eigenvalue weighted by molar-refractivity contribution is 5.73. The number of rotatable bonds is 2. The van der Waals surface area contributed by atoms with E-state index in [1.165, 1.54) is 0 Å². The molecule has 0 aliphatic carbocycles. The van der Waals surface area contributed by atoms with Gasteiger partial charge in [0.05, 0.1) is 13.2 Å². The number of aromatic hydroxyl groups is 1. The summed E-state index contributed by atoms with van der Waals surface area (Å²) >= 11 is 0. The summed E-state index contributed by atoms with van der Waals surface area (Å²) in [6, 6.07) is 15.1. The summed E-state index contributed by atoms with van der Waals surface area (Å²) in [7, 11) is 0. The maximum Gasteiger partial charge on any atom is 0.184 e. The average molecular weight is 242 g/mol. The number of ether oxygens (including phenoxy) is 2. The fourth-order valence-corrected chi connectivity index (χ4v) is 2.19. The third-order valence-corrected chi connectivity index (χ3v) is 3.03. The Labute approximate surface area is 106 Å². The van der Waals surface area contributed by atoms with Crippen LogP contribution in [0.5, 0.6) is 5.75 Å². The molecule has 3 nitrogen and oxygen atoms in total. The maximum absolute atomic E-state index is 9.95. The minimum atomic E-state index is -0.333. The average Bonchev–Trinajstić information content (AvgIpc) is 2.93. The lowest BCUT2D eigenvalue weighted by atomic mass is 9.98. The van der Waals surface area contributed by atoms with Crippen molar-refractivity contribution in [3.8, 4) is 16.9 Å². The first-order valence-electron chi connectivity index (χ1n) is 5.97. The van der Waals surface area contributed by atoms with Crippen molar-refractivity contribution < 1.29 is 14.6 Å². The van der Waals surface area contributed by atoms with Crippen molar-refractivity contribution in [1.82, 2.24) is 0 Å². The van der Waals surface area contributed by atoms with Crippen LogP contribution in [0.25, 0.3) is 11.1 Å². The van der Waals surface area contributed by atoms with Crippen molar-refractivity contribution in [2.24, 2.45) is 0 Å². The van der Waals surface area contributed by atoms with Crippen LogP contribution < -0.4 is 0 Å². The van der Waals surface area contributed by atoms with Crippen LogP contribution in [-0.4, -0.2) is 18.3 Å². The van der Waals surface area contributed by atoms with Gasteiger partial charge in [-0.2, -0.15) is 0 Å². The second-order valence-electron chi connectivity index (χ2n) is 4.18. The Bertz CT molecular complexity index is 545. The van der Waals surface area contributed by atoms with Crippen molar-refractivity contribution in [3.05, 3.63) is 54.1 Å². The molecule has 1 saturated heterocycles. The van der Waals surface area contributed by atoms with Crippen LogP contribution in [0.3, 0.4) is 0 Å². The number of phenolic OH excluding ortho intramolecular Hbond substituents is 1. The van der Waals surface area contributed by atoms with E-state index in [1.54, 1.807) is 6.07 Å². The zero-order valence-electron chi connectivity index (χ0n) is 9.87. The molecule has 3 rings (SSSR count). The van der Waals surface area contributed by atoms with Crippen molar-refractivity contribution in [1.29, 1.82) is 0 Å². The standard InChI is InChI=1S/C15H14O3/c16-14-8-4-3-6-12(14)11-5-1-2-7-13(11)15-17-9-10-18-15/h1-8,15-16H,9-10H2. The summed E-state index contributed by atoms with van der Waals surface area (Å²) in [6.07, 6.45) is -0.333. The van der Waals surface area contributed by atoms with Crippen LogP contribution >= 0.6 is 0 Å². The first-order valence-corrected chi connectivity index (χ1v) is 5.97. The smallest absolute Gasteiger partial charge is 0.184 e. The number of para-hydroxylation sites is 1. The van der Waals surface area contributed by atoms with Gasteiger partial charge in [0.15, 0.2) is 6.29 Å². The van der Waals surface area contributed by atoms with E-state index in [1.807, 2.05) is 42.5 Å². The van der Waals surface area contributed by atoms with E-state index in [9.17, 15) is 5.11 Å². The second kappa shape index (κ2) is 4.80. The second-order valence-corrected chi connectivity index (χ2v) is 4.18. The lowest BCUT2D eigenvalue weighted by Crippen LogP contribution is -2.00. The molecule has 0 bridgehead atoms. The fraction of sp³-hybridized carbons (Fsp3) is 0.200. The summed E-state index contributed by atoms with van der Waals surface area (Å²) < 4.78 is 11.1. The number of benzene rings is 2. The van der Waals surface area contributed by atoms with Crippen molar-refractivity contribution in [2.75, 3.05) is 13.2 Å². The number of hydrogen-bond donors (Lipinski definition) is 1. The quantitative estimate of drug-likeness (QED) is 0.879. The normalized spacial score (nSPS) is 16.0. The van der Waals surface area contributed by atoms with Gasteiger partial charge in [0, 0.05) is 11.1 Å². The Balaban J connectivity index is 2.09. The van der Waals surface area contributed by atoms with E-state index in [0.717, 1.165) is 16.7 Å². The molecule has 0 spiro atoms. The summed E-state index contributed by atoms with van der Waals surface area (Å²) in [6.45, 7) is 1.22. The molecule has 1 aliphatic heterocycles. The van der Waals surface area contributed by atoms with Gasteiger partial charge in [-0.05, 0) is 11.6 Å². The Morgan fingerprint density at radius 3 is 2.17 bits per heavy atom. The van der Waals surface area contributed by atoms with Crippen molar-refractivity contribution in [2.45, 2.75) is 6.29 Å². The van der Waals surface area contributed by atoms with E-state index in [4.69, 9.17) is 9.47 Å². The molecule has 0 radical (unpaired) electrons. The van der Waals surface area contributed by atoms with E-state index < -0.39 is 0 Å². The lowest BCUT2D eigenvalue weighted by Gasteiger charge is -2.15. The first kappa shape index (κ1) is 11.3. The molecule has 0 saturated carbocycles. The lowest BCUT2D eigenvalue weighted by molar-refractivity contribution is -0.0436. The van der Waals surface area contributed by atoms with Gasteiger partial charge in [0.25, 0.3) is 0 Å². The topological polar surface area (TPSA) is 38.7 Å². The Kier molecular flexibility index (Phi) is 3.00. The van der Waals surface area contributed by atoms with E-state index in [0.29, 0.717) is 13.2 Å². The minimum Gasteiger partial charge on any atom is -0.507 e. The highest BCUT2D eigenvalue weighted by Gasteiger charge is 2.22. The zero-order valence-corrected chi connectivity index (χ0v) is 9.87. The highest BCUT2D eigenvalue weighted by Crippen LogP contribution is 2.36. The van der Waals surface area contributed by atoms with Gasteiger partial charge >= 0.3 is 0 Å². The molecule has 1 fully saturated rings. The fourth-order valence-electron chi connectivity index (χ4n) is 2.19. The molecule has 3 heteroatoms. The molecule has 18 heavy (non-hydrogen) atoms. The van der Waals surface area contributed by atoms with Crippen LogP contribution in [-0.2, 0) is 9.47 Å². The van der Waals surface area contributed by atoms with Gasteiger partial charge in [-0.1, -0.05) is 42.5 Å². The van der Waals surface area contributed by atoms with Gasteiger partial charge in [0.1, 0.15) is 5.75 Å². The molecule has 92 valence electrons. The molecular formula is C15H14O3. The molecule has 2 aromatic carbocycles. The molecule has 1 N–H and O–H groups in total. The van der Waals surface area contributed by atoms with Crippen LogP contribution in [0.15, 0.2) is 48.5 Å². The Morgan fingerprint density at radius 1 is 0.833 bits per heavy atom. The molecule has 0 amide bonds.